The monoisotopic (exact) mass is 306 g/mol. The number of carbonyl (C=O) groups excluding carboxylic acids is 1. The van der Waals surface area contributed by atoms with Crippen molar-refractivity contribution >= 4 is 6.09 Å². The summed E-state index contributed by atoms with van der Waals surface area (Å²) in [6, 6.07) is -0.782. The topological polar surface area (TPSA) is 41.6 Å². The predicted molar refractivity (Wildman–Crippen MR) is 78.6 cm³/mol. The molecule has 1 rings (SSSR count). The van der Waals surface area contributed by atoms with E-state index in [4.69, 9.17) is 4.74 Å². The maximum Gasteiger partial charge on any atom is 0.410 e. The number of carbonyl (C=O) groups is 1. The Balaban J connectivity index is 2.33. The molecule has 2 unspecified atom stereocenters. The van der Waals surface area contributed by atoms with Crippen LogP contribution < -0.4 is 5.32 Å². The average molecular weight is 306 g/mol. The summed E-state index contributed by atoms with van der Waals surface area (Å²) in [5.41, 5.74) is -0.488. The molecule has 1 saturated heterocycles. The van der Waals surface area contributed by atoms with Gasteiger partial charge >= 0.3 is 6.09 Å². The summed E-state index contributed by atoms with van der Waals surface area (Å²) in [7, 11) is 0. The molecule has 1 N–H and O–H groups in total. The van der Waals surface area contributed by atoms with Crippen LogP contribution in [0.4, 0.5) is 13.6 Å². The van der Waals surface area contributed by atoms with Crippen LogP contribution in [0.3, 0.4) is 0 Å². The molecule has 2 atom stereocenters. The summed E-state index contributed by atoms with van der Waals surface area (Å²) in [4.78, 5) is 13.8. The molecule has 1 aliphatic heterocycles. The highest BCUT2D eigenvalue weighted by atomic mass is 19.3. The molecular weight excluding hydrogens is 278 g/mol. The van der Waals surface area contributed by atoms with E-state index < -0.39 is 18.1 Å². The molecule has 0 aromatic heterocycles. The fraction of sp³-hybridized carbons (Fsp3) is 0.933. The summed E-state index contributed by atoms with van der Waals surface area (Å²) < 4.78 is 30.1. The summed E-state index contributed by atoms with van der Waals surface area (Å²) in [5.74, 6) is 0.351. The molecule has 124 valence electrons. The van der Waals surface area contributed by atoms with Crippen LogP contribution in [-0.2, 0) is 4.74 Å². The van der Waals surface area contributed by atoms with Crippen LogP contribution in [0.5, 0.6) is 0 Å². The van der Waals surface area contributed by atoms with Crippen molar-refractivity contribution in [2.24, 2.45) is 5.92 Å². The number of piperidine rings is 1. The van der Waals surface area contributed by atoms with E-state index in [0.717, 1.165) is 19.3 Å². The summed E-state index contributed by atoms with van der Waals surface area (Å²) in [6.45, 7) is 8.95. The number of hydrogen-bond acceptors (Lipinski definition) is 3. The zero-order valence-corrected chi connectivity index (χ0v) is 13.5. The Labute approximate surface area is 126 Å². The van der Waals surface area contributed by atoms with Gasteiger partial charge in [0.25, 0.3) is 6.43 Å². The molecule has 6 heteroatoms. The summed E-state index contributed by atoms with van der Waals surface area (Å²) >= 11 is 0. The SMILES string of the molecule is CC(NCCC1CCCN(C(=O)OC(C)(C)C)C1)C(F)F. The van der Waals surface area contributed by atoms with Crippen molar-refractivity contribution in [3.05, 3.63) is 0 Å². The van der Waals surface area contributed by atoms with E-state index in [9.17, 15) is 13.6 Å². The lowest BCUT2D eigenvalue weighted by Gasteiger charge is -2.34. The van der Waals surface area contributed by atoms with E-state index in [0.29, 0.717) is 25.6 Å². The second-order valence-electron chi connectivity index (χ2n) is 6.80. The molecule has 1 amide bonds. The van der Waals surface area contributed by atoms with Gasteiger partial charge in [-0.2, -0.15) is 0 Å². The van der Waals surface area contributed by atoms with Crippen LogP contribution in [0, 0.1) is 5.92 Å². The first-order valence-electron chi connectivity index (χ1n) is 7.68. The van der Waals surface area contributed by atoms with Gasteiger partial charge in [0.05, 0.1) is 6.04 Å². The lowest BCUT2D eigenvalue weighted by Crippen LogP contribution is -2.43. The fourth-order valence-electron chi connectivity index (χ4n) is 2.40. The van der Waals surface area contributed by atoms with Crippen LogP contribution in [-0.4, -0.2) is 48.7 Å². The number of ether oxygens (including phenoxy) is 1. The Morgan fingerprint density at radius 3 is 2.67 bits per heavy atom. The molecule has 0 radical (unpaired) electrons. The van der Waals surface area contributed by atoms with Crippen molar-refractivity contribution in [1.82, 2.24) is 10.2 Å². The number of amides is 1. The van der Waals surface area contributed by atoms with E-state index in [1.54, 1.807) is 4.90 Å². The molecule has 1 fully saturated rings. The van der Waals surface area contributed by atoms with Gasteiger partial charge in [0.2, 0.25) is 0 Å². The maximum atomic E-state index is 12.4. The van der Waals surface area contributed by atoms with Crippen LogP contribution in [0.15, 0.2) is 0 Å². The Bertz CT molecular complexity index is 332. The van der Waals surface area contributed by atoms with Gasteiger partial charge in [-0.3, -0.25) is 0 Å². The third-order valence-electron chi connectivity index (χ3n) is 3.57. The molecule has 0 spiro atoms. The van der Waals surface area contributed by atoms with Gasteiger partial charge in [0, 0.05) is 13.1 Å². The van der Waals surface area contributed by atoms with Crippen molar-refractivity contribution in [2.75, 3.05) is 19.6 Å². The Morgan fingerprint density at radius 1 is 1.43 bits per heavy atom. The second-order valence-corrected chi connectivity index (χ2v) is 6.80. The number of likely N-dealkylation sites (tertiary alicyclic amines) is 1. The van der Waals surface area contributed by atoms with Gasteiger partial charge in [-0.05, 0) is 59.4 Å². The molecule has 21 heavy (non-hydrogen) atoms. The lowest BCUT2D eigenvalue weighted by atomic mass is 9.95. The Hall–Kier alpha value is -0.910. The second kappa shape index (κ2) is 7.92. The Morgan fingerprint density at radius 2 is 2.10 bits per heavy atom. The number of halogens is 2. The van der Waals surface area contributed by atoms with E-state index in [1.807, 2.05) is 20.8 Å². The molecule has 0 aromatic rings. The van der Waals surface area contributed by atoms with Gasteiger partial charge in [0.1, 0.15) is 5.60 Å². The minimum atomic E-state index is -2.34. The largest absolute Gasteiger partial charge is 0.444 e. The highest BCUT2D eigenvalue weighted by molar-refractivity contribution is 5.68. The van der Waals surface area contributed by atoms with Crippen molar-refractivity contribution in [3.8, 4) is 0 Å². The number of rotatable bonds is 5. The van der Waals surface area contributed by atoms with Crippen molar-refractivity contribution in [3.63, 3.8) is 0 Å². The van der Waals surface area contributed by atoms with Crippen LogP contribution >= 0.6 is 0 Å². The maximum absolute atomic E-state index is 12.4. The molecule has 0 aromatic carbocycles. The van der Waals surface area contributed by atoms with Crippen LogP contribution in [0.2, 0.25) is 0 Å². The standard InChI is InChI=1S/C15H28F2N2O2/c1-11(13(16)17)18-8-7-12-6-5-9-19(10-12)14(20)21-15(2,3)4/h11-13,18H,5-10H2,1-4H3. The highest BCUT2D eigenvalue weighted by Crippen LogP contribution is 2.21. The van der Waals surface area contributed by atoms with Crippen molar-refractivity contribution in [1.29, 1.82) is 0 Å². The molecule has 4 nitrogen and oxygen atoms in total. The lowest BCUT2D eigenvalue weighted by molar-refractivity contribution is 0.0161. The first-order valence-corrected chi connectivity index (χ1v) is 7.68. The first-order chi connectivity index (χ1) is 9.69. The smallest absolute Gasteiger partial charge is 0.410 e. The van der Waals surface area contributed by atoms with E-state index in [2.05, 4.69) is 5.32 Å². The van der Waals surface area contributed by atoms with Crippen molar-refractivity contribution < 1.29 is 18.3 Å². The van der Waals surface area contributed by atoms with E-state index in [-0.39, 0.29) is 6.09 Å². The molecule has 0 saturated carbocycles. The summed E-state index contributed by atoms with van der Waals surface area (Å²) in [5, 5.41) is 2.83. The zero-order valence-electron chi connectivity index (χ0n) is 13.5. The minimum Gasteiger partial charge on any atom is -0.444 e. The van der Waals surface area contributed by atoms with E-state index >= 15 is 0 Å². The van der Waals surface area contributed by atoms with Crippen molar-refractivity contribution in [2.45, 2.75) is 65.0 Å². The first kappa shape index (κ1) is 18.1. The Kier molecular flexibility index (Phi) is 6.84. The van der Waals surface area contributed by atoms with Gasteiger partial charge in [-0.1, -0.05) is 0 Å². The quantitative estimate of drug-likeness (QED) is 0.847. The number of nitrogens with zero attached hydrogens (tertiary/aromatic N) is 1. The zero-order chi connectivity index (χ0) is 16.0. The number of alkyl halides is 2. The summed E-state index contributed by atoms with van der Waals surface area (Å²) in [6.07, 6.45) is 0.157. The molecule has 1 heterocycles. The van der Waals surface area contributed by atoms with Gasteiger partial charge in [0.15, 0.2) is 0 Å². The van der Waals surface area contributed by atoms with Crippen LogP contribution in [0.1, 0.15) is 47.0 Å². The molecule has 0 bridgehead atoms. The average Bonchev–Trinajstić information content (AvgIpc) is 2.36. The third kappa shape index (κ3) is 7.07. The molecule has 0 aliphatic carbocycles. The van der Waals surface area contributed by atoms with Gasteiger partial charge in [-0.25, -0.2) is 13.6 Å². The predicted octanol–water partition coefficient (Wildman–Crippen LogP) is 3.27. The third-order valence-corrected chi connectivity index (χ3v) is 3.57. The van der Waals surface area contributed by atoms with Gasteiger partial charge in [-0.15, -0.1) is 0 Å². The highest BCUT2D eigenvalue weighted by Gasteiger charge is 2.27. The van der Waals surface area contributed by atoms with E-state index in [1.165, 1.54) is 6.92 Å². The normalized spacial score (nSPS) is 21.5. The number of hydrogen-bond donors (Lipinski definition) is 1. The van der Waals surface area contributed by atoms with Gasteiger partial charge < -0.3 is 15.0 Å². The number of nitrogens with one attached hydrogen (secondary N) is 1. The molecular formula is C15H28F2N2O2. The minimum absolute atomic E-state index is 0.277. The van der Waals surface area contributed by atoms with Crippen LogP contribution in [0.25, 0.3) is 0 Å². The molecule has 1 aliphatic rings. The fourth-order valence-corrected chi connectivity index (χ4v) is 2.40.